The number of hydrogen-bond acceptors (Lipinski definition) is 4. The van der Waals surface area contributed by atoms with Crippen molar-refractivity contribution in [3.05, 3.63) is 29.3 Å². The van der Waals surface area contributed by atoms with E-state index in [1.54, 1.807) is 23.1 Å². The minimum Gasteiger partial charge on any atom is -0.465 e. The van der Waals surface area contributed by atoms with E-state index in [0.29, 0.717) is 25.1 Å². The van der Waals surface area contributed by atoms with Gasteiger partial charge in [0.2, 0.25) is 5.91 Å². The van der Waals surface area contributed by atoms with Gasteiger partial charge in [0.25, 0.3) is 0 Å². The van der Waals surface area contributed by atoms with Gasteiger partial charge in [0.1, 0.15) is 0 Å². The first-order chi connectivity index (χ1) is 9.06. The zero-order valence-electron chi connectivity index (χ0n) is 11.2. The predicted octanol–water partition coefficient (Wildman–Crippen LogP) is 1.09. The van der Waals surface area contributed by atoms with E-state index in [-0.39, 0.29) is 17.8 Å². The van der Waals surface area contributed by atoms with Gasteiger partial charge in [-0.05, 0) is 43.1 Å². The van der Waals surface area contributed by atoms with Crippen LogP contribution in [-0.4, -0.2) is 32.1 Å². The Bertz CT molecular complexity index is 513. The van der Waals surface area contributed by atoms with Crippen LogP contribution < -0.4 is 10.6 Å². The van der Waals surface area contributed by atoms with Crippen molar-refractivity contribution in [3.63, 3.8) is 0 Å². The van der Waals surface area contributed by atoms with Gasteiger partial charge in [-0.1, -0.05) is 0 Å². The van der Waals surface area contributed by atoms with Gasteiger partial charge >= 0.3 is 5.97 Å². The molecular formula is C14H18N2O3. The predicted molar refractivity (Wildman–Crippen MR) is 72.0 cm³/mol. The SMILES string of the molecule is COC(=O)c1ccc(N2CC(CN)CC2=O)c(C)c1. The van der Waals surface area contributed by atoms with Crippen LogP contribution in [0.3, 0.4) is 0 Å². The number of anilines is 1. The van der Waals surface area contributed by atoms with Gasteiger partial charge in [-0.2, -0.15) is 0 Å². The van der Waals surface area contributed by atoms with Crippen LogP contribution in [0.15, 0.2) is 18.2 Å². The number of benzene rings is 1. The normalized spacial score (nSPS) is 18.8. The van der Waals surface area contributed by atoms with Gasteiger partial charge in [0.15, 0.2) is 0 Å². The number of rotatable bonds is 3. The molecule has 1 atom stereocenters. The minimum atomic E-state index is -0.373. The van der Waals surface area contributed by atoms with Crippen LogP contribution in [0, 0.1) is 12.8 Å². The van der Waals surface area contributed by atoms with Crippen LogP contribution in [0.4, 0.5) is 5.69 Å². The quantitative estimate of drug-likeness (QED) is 0.828. The Kier molecular flexibility index (Phi) is 3.85. The first-order valence-corrected chi connectivity index (χ1v) is 6.26. The summed E-state index contributed by atoms with van der Waals surface area (Å²) in [4.78, 5) is 25.1. The molecular weight excluding hydrogens is 244 g/mol. The van der Waals surface area contributed by atoms with Crippen LogP contribution in [0.5, 0.6) is 0 Å². The summed E-state index contributed by atoms with van der Waals surface area (Å²) in [6, 6.07) is 5.21. The summed E-state index contributed by atoms with van der Waals surface area (Å²) in [6.07, 6.45) is 0.495. The zero-order chi connectivity index (χ0) is 14.0. The molecule has 2 N–H and O–H groups in total. The van der Waals surface area contributed by atoms with Gasteiger partial charge in [-0.15, -0.1) is 0 Å². The molecule has 19 heavy (non-hydrogen) atoms. The Balaban J connectivity index is 2.27. The standard InChI is InChI=1S/C14H18N2O3/c1-9-5-11(14(18)19-2)3-4-12(9)16-8-10(7-15)6-13(16)17/h3-5,10H,6-8,15H2,1-2H3. The highest BCUT2D eigenvalue weighted by atomic mass is 16.5. The lowest BCUT2D eigenvalue weighted by Crippen LogP contribution is -2.26. The van der Waals surface area contributed by atoms with Crippen molar-refractivity contribution in [1.29, 1.82) is 0 Å². The molecule has 0 spiro atoms. The van der Waals surface area contributed by atoms with Gasteiger partial charge in [-0.3, -0.25) is 4.79 Å². The Morgan fingerprint density at radius 3 is 2.79 bits per heavy atom. The lowest BCUT2D eigenvalue weighted by Gasteiger charge is -2.19. The molecule has 1 unspecified atom stereocenters. The zero-order valence-corrected chi connectivity index (χ0v) is 11.2. The molecule has 1 fully saturated rings. The third-order valence-electron chi connectivity index (χ3n) is 3.45. The third kappa shape index (κ3) is 2.61. The molecule has 1 aliphatic rings. The fourth-order valence-corrected chi connectivity index (χ4v) is 2.38. The van der Waals surface area contributed by atoms with Gasteiger partial charge in [-0.25, -0.2) is 4.79 Å². The number of carbonyl (C=O) groups is 2. The number of nitrogens with zero attached hydrogens (tertiary/aromatic N) is 1. The number of esters is 1. The van der Waals surface area contributed by atoms with E-state index in [4.69, 9.17) is 5.73 Å². The maximum atomic E-state index is 11.9. The molecule has 0 aromatic heterocycles. The number of nitrogens with two attached hydrogens (primary N) is 1. The Labute approximate surface area is 112 Å². The van der Waals surface area contributed by atoms with Gasteiger partial charge in [0.05, 0.1) is 12.7 Å². The second-order valence-electron chi connectivity index (χ2n) is 4.80. The fraction of sp³-hybridized carbons (Fsp3) is 0.429. The molecule has 0 bridgehead atoms. The van der Waals surface area contributed by atoms with E-state index in [1.165, 1.54) is 7.11 Å². The van der Waals surface area contributed by atoms with E-state index in [9.17, 15) is 9.59 Å². The largest absolute Gasteiger partial charge is 0.465 e. The van der Waals surface area contributed by atoms with Crippen molar-refractivity contribution in [2.75, 3.05) is 25.1 Å². The van der Waals surface area contributed by atoms with Crippen molar-refractivity contribution >= 4 is 17.6 Å². The van der Waals surface area contributed by atoms with Crippen LogP contribution in [0.1, 0.15) is 22.3 Å². The molecule has 1 aromatic rings. The minimum absolute atomic E-state index is 0.0874. The van der Waals surface area contributed by atoms with Crippen LogP contribution >= 0.6 is 0 Å². The van der Waals surface area contributed by atoms with E-state index >= 15 is 0 Å². The summed E-state index contributed by atoms with van der Waals surface area (Å²) in [5.74, 6) is -0.0706. The van der Waals surface area contributed by atoms with Crippen LogP contribution in [-0.2, 0) is 9.53 Å². The average molecular weight is 262 g/mol. The lowest BCUT2D eigenvalue weighted by molar-refractivity contribution is -0.117. The number of hydrogen-bond donors (Lipinski definition) is 1. The molecule has 1 heterocycles. The van der Waals surface area contributed by atoms with Gasteiger partial charge in [0, 0.05) is 18.7 Å². The molecule has 0 saturated carbocycles. The summed E-state index contributed by atoms with van der Waals surface area (Å²) in [7, 11) is 1.35. The average Bonchev–Trinajstić information content (AvgIpc) is 2.79. The number of amides is 1. The molecule has 5 nitrogen and oxygen atoms in total. The lowest BCUT2D eigenvalue weighted by atomic mass is 10.1. The maximum Gasteiger partial charge on any atom is 0.337 e. The fourth-order valence-electron chi connectivity index (χ4n) is 2.38. The summed E-state index contributed by atoms with van der Waals surface area (Å²) in [6.45, 7) is 3.04. The molecule has 0 aliphatic carbocycles. The number of methoxy groups -OCH3 is 1. The third-order valence-corrected chi connectivity index (χ3v) is 3.45. The molecule has 0 radical (unpaired) electrons. The van der Waals surface area contributed by atoms with Crippen molar-refractivity contribution in [2.24, 2.45) is 11.7 Å². The van der Waals surface area contributed by atoms with Crippen molar-refractivity contribution in [1.82, 2.24) is 0 Å². The Hall–Kier alpha value is -1.88. The van der Waals surface area contributed by atoms with Crippen LogP contribution in [0.25, 0.3) is 0 Å². The Morgan fingerprint density at radius 1 is 1.53 bits per heavy atom. The maximum absolute atomic E-state index is 11.9. The molecule has 1 aromatic carbocycles. The highest BCUT2D eigenvalue weighted by molar-refractivity contribution is 5.97. The summed E-state index contributed by atoms with van der Waals surface area (Å²) in [5.41, 5.74) is 7.83. The Morgan fingerprint density at radius 2 is 2.26 bits per heavy atom. The summed E-state index contributed by atoms with van der Waals surface area (Å²) >= 11 is 0. The smallest absolute Gasteiger partial charge is 0.337 e. The highest BCUT2D eigenvalue weighted by Crippen LogP contribution is 2.28. The molecule has 102 valence electrons. The topological polar surface area (TPSA) is 72.6 Å². The monoisotopic (exact) mass is 262 g/mol. The van der Waals surface area contributed by atoms with Crippen molar-refractivity contribution in [2.45, 2.75) is 13.3 Å². The van der Waals surface area contributed by atoms with Gasteiger partial charge < -0.3 is 15.4 Å². The molecule has 1 amide bonds. The highest BCUT2D eigenvalue weighted by Gasteiger charge is 2.30. The first-order valence-electron chi connectivity index (χ1n) is 6.26. The van der Waals surface area contributed by atoms with Crippen molar-refractivity contribution < 1.29 is 14.3 Å². The second-order valence-corrected chi connectivity index (χ2v) is 4.80. The molecule has 5 heteroatoms. The van der Waals surface area contributed by atoms with Crippen LogP contribution in [0.2, 0.25) is 0 Å². The first kappa shape index (κ1) is 13.5. The number of aryl methyl sites for hydroxylation is 1. The molecule has 1 saturated heterocycles. The molecule has 1 aliphatic heterocycles. The van der Waals surface area contributed by atoms with E-state index in [1.807, 2.05) is 6.92 Å². The summed E-state index contributed by atoms with van der Waals surface area (Å²) < 4.78 is 4.68. The number of carbonyl (C=O) groups excluding carboxylic acids is 2. The van der Waals surface area contributed by atoms with Crippen molar-refractivity contribution in [3.8, 4) is 0 Å². The second kappa shape index (κ2) is 5.40. The summed E-state index contributed by atoms with van der Waals surface area (Å²) in [5, 5.41) is 0. The van der Waals surface area contributed by atoms with E-state index < -0.39 is 0 Å². The number of ether oxygens (including phenoxy) is 1. The molecule has 2 rings (SSSR count). The van der Waals surface area contributed by atoms with E-state index in [2.05, 4.69) is 4.74 Å². The van der Waals surface area contributed by atoms with E-state index in [0.717, 1.165) is 11.3 Å².